The molecule has 0 aromatic heterocycles. The van der Waals surface area contributed by atoms with Crippen LogP contribution >= 0.6 is 39.9 Å². The number of halogens is 1. The maximum absolute atomic E-state index is 12.9. The lowest BCUT2D eigenvalue weighted by molar-refractivity contribution is -0.143. The van der Waals surface area contributed by atoms with Crippen LogP contribution in [0.25, 0.3) is 6.08 Å². The van der Waals surface area contributed by atoms with E-state index < -0.39 is 5.97 Å². The summed E-state index contributed by atoms with van der Waals surface area (Å²) in [6.45, 7) is 2.44. The highest BCUT2D eigenvalue weighted by Crippen LogP contribution is 2.39. The van der Waals surface area contributed by atoms with Gasteiger partial charge >= 0.3 is 5.97 Å². The molecule has 9 heteroatoms. The molecule has 1 fully saturated rings. The lowest BCUT2D eigenvalue weighted by Crippen LogP contribution is -2.27. The molecule has 3 rings (SSSR count). The number of rotatable bonds is 8. The van der Waals surface area contributed by atoms with E-state index in [0.717, 1.165) is 11.1 Å². The smallest absolute Gasteiger partial charge is 0.343 e. The second-order valence-corrected chi connectivity index (χ2v) is 8.91. The molecule has 1 saturated heterocycles. The summed E-state index contributed by atoms with van der Waals surface area (Å²) in [7, 11) is 1.29. The summed E-state index contributed by atoms with van der Waals surface area (Å²) in [5, 5.41) is 0. The van der Waals surface area contributed by atoms with Crippen LogP contribution in [0, 0.1) is 0 Å². The quantitative estimate of drug-likeness (QED) is 0.280. The number of ether oxygens (including phenoxy) is 3. The first-order valence-corrected chi connectivity index (χ1v) is 11.4. The lowest BCUT2D eigenvalue weighted by atomic mass is 10.1. The molecular formula is C22H20BrNO5S2. The molecule has 0 spiro atoms. The van der Waals surface area contributed by atoms with Crippen molar-refractivity contribution >= 4 is 62.2 Å². The molecule has 0 atom stereocenters. The SMILES string of the molecule is CCOc1cc(/C=C2/SC(=S)N(Cc3ccccc3)C2=O)cc(Br)c1OCC(=O)OC. The third kappa shape index (κ3) is 5.87. The predicted molar refractivity (Wildman–Crippen MR) is 128 cm³/mol. The number of amides is 1. The standard InChI is InChI=1S/C22H20BrNO5S2/c1-3-28-17-10-15(9-16(23)20(17)29-13-19(25)27-2)11-18-21(26)24(22(30)31-18)12-14-7-5-4-6-8-14/h4-11H,3,12-13H2,1-2H3/b18-11+. The fraction of sp³-hybridized carbons (Fsp3) is 0.227. The number of esters is 1. The molecule has 162 valence electrons. The third-order valence-electron chi connectivity index (χ3n) is 4.25. The van der Waals surface area contributed by atoms with Gasteiger partial charge in [-0.15, -0.1) is 0 Å². The summed E-state index contributed by atoms with van der Waals surface area (Å²) in [5.74, 6) is 0.201. The number of thiocarbonyl (C=S) groups is 1. The van der Waals surface area contributed by atoms with E-state index in [0.29, 0.717) is 38.3 Å². The highest BCUT2D eigenvalue weighted by molar-refractivity contribution is 9.10. The highest BCUT2D eigenvalue weighted by atomic mass is 79.9. The summed E-state index contributed by atoms with van der Waals surface area (Å²) in [5.41, 5.74) is 1.74. The molecule has 0 bridgehead atoms. The summed E-state index contributed by atoms with van der Waals surface area (Å²) < 4.78 is 16.9. The van der Waals surface area contributed by atoms with Crippen molar-refractivity contribution in [2.75, 3.05) is 20.3 Å². The van der Waals surface area contributed by atoms with Crippen LogP contribution in [0.15, 0.2) is 51.8 Å². The number of hydrogen-bond acceptors (Lipinski definition) is 7. The van der Waals surface area contributed by atoms with Gasteiger partial charge in [-0.05, 0) is 52.2 Å². The minimum Gasteiger partial charge on any atom is -0.490 e. The van der Waals surface area contributed by atoms with Gasteiger partial charge in [-0.2, -0.15) is 0 Å². The zero-order valence-corrected chi connectivity index (χ0v) is 20.1. The van der Waals surface area contributed by atoms with Gasteiger partial charge in [-0.1, -0.05) is 54.3 Å². The Labute approximate surface area is 198 Å². The zero-order valence-electron chi connectivity index (χ0n) is 16.9. The van der Waals surface area contributed by atoms with Crippen LogP contribution in [0.5, 0.6) is 11.5 Å². The Morgan fingerprint density at radius 1 is 1.23 bits per heavy atom. The van der Waals surface area contributed by atoms with E-state index in [1.807, 2.05) is 37.3 Å². The maximum atomic E-state index is 12.9. The number of hydrogen-bond donors (Lipinski definition) is 0. The van der Waals surface area contributed by atoms with Crippen LogP contribution in [0.2, 0.25) is 0 Å². The fourth-order valence-electron chi connectivity index (χ4n) is 2.82. The third-order valence-corrected chi connectivity index (χ3v) is 6.22. The monoisotopic (exact) mass is 521 g/mol. The molecule has 31 heavy (non-hydrogen) atoms. The van der Waals surface area contributed by atoms with E-state index in [9.17, 15) is 9.59 Å². The summed E-state index contributed by atoms with van der Waals surface area (Å²) in [6.07, 6.45) is 1.77. The molecule has 2 aromatic rings. The van der Waals surface area contributed by atoms with E-state index in [1.54, 1.807) is 23.1 Å². The summed E-state index contributed by atoms with van der Waals surface area (Å²) in [6, 6.07) is 13.3. The minimum absolute atomic E-state index is 0.140. The number of carbonyl (C=O) groups excluding carboxylic acids is 2. The molecule has 6 nitrogen and oxygen atoms in total. The maximum Gasteiger partial charge on any atom is 0.343 e. The molecule has 0 saturated carbocycles. The Balaban J connectivity index is 1.84. The molecule has 0 aliphatic carbocycles. The number of thioether (sulfide) groups is 1. The van der Waals surface area contributed by atoms with Crippen molar-refractivity contribution in [3.63, 3.8) is 0 Å². The van der Waals surface area contributed by atoms with Gasteiger partial charge in [0.2, 0.25) is 0 Å². The van der Waals surface area contributed by atoms with Crippen LogP contribution in [-0.4, -0.2) is 41.4 Å². The predicted octanol–water partition coefficient (Wildman–Crippen LogP) is 4.80. The topological polar surface area (TPSA) is 65.1 Å². The molecular weight excluding hydrogens is 502 g/mol. The minimum atomic E-state index is -0.500. The number of nitrogens with zero attached hydrogens (tertiary/aromatic N) is 1. The second kappa shape index (κ2) is 10.8. The Hall–Kier alpha value is -2.36. The molecule has 0 N–H and O–H groups in total. The van der Waals surface area contributed by atoms with E-state index in [2.05, 4.69) is 20.7 Å². The molecule has 1 aliphatic heterocycles. The second-order valence-electron chi connectivity index (χ2n) is 6.38. The molecule has 1 heterocycles. The van der Waals surface area contributed by atoms with Crippen molar-refractivity contribution in [1.29, 1.82) is 0 Å². The van der Waals surface area contributed by atoms with Gasteiger partial charge in [-0.25, -0.2) is 4.79 Å². The van der Waals surface area contributed by atoms with Gasteiger partial charge in [0.25, 0.3) is 5.91 Å². The largest absolute Gasteiger partial charge is 0.490 e. The summed E-state index contributed by atoms with van der Waals surface area (Å²) in [4.78, 5) is 26.5. The van der Waals surface area contributed by atoms with Gasteiger partial charge in [0, 0.05) is 0 Å². The van der Waals surface area contributed by atoms with E-state index in [-0.39, 0.29) is 12.5 Å². The van der Waals surface area contributed by atoms with Crippen molar-refractivity contribution in [3.8, 4) is 11.5 Å². The van der Waals surface area contributed by atoms with Gasteiger partial charge in [0.1, 0.15) is 4.32 Å². The van der Waals surface area contributed by atoms with E-state index in [4.69, 9.17) is 21.7 Å². The first kappa shape index (κ1) is 23.3. The van der Waals surface area contributed by atoms with Crippen molar-refractivity contribution in [1.82, 2.24) is 4.90 Å². The van der Waals surface area contributed by atoms with Crippen molar-refractivity contribution in [2.45, 2.75) is 13.5 Å². The number of methoxy groups -OCH3 is 1. The first-order chi connectivity index (χ1) is 14.9. The normalized spacial score (nSPS) is 14.8. The average molecular weight is 522 g/mol. The molecule has 1 aliphatic rings. The molecule has 0 unspecified atom stereocenters. The number of carbonyl (C=O) groups is 2. The first-order valence-electron chi connectivity index (χ1n) is 9.38. The van der Waals surface area contributed by atoms with Crippen molar-refractivity contribution < 1.29 is 23.8 Å². The Bertz CT molecular complexity index is 1030. The fourth-order valence-corrected chi connectivity index (χ4v) is 4.65. The molecule has 0 radical (unpaired) electrons. The van der Waals surface area contributed by atoms with Crippen LogP contribution < -0.4 is 9.47 Å². The van der Waals surface area contributed by atoms with Gasteiger partial charge < -0.3 is 14.2 Å². The van der Waals surface area contributed by atoms with Gasteiger partial charge in [-0.3, -0.25) is 9.69 Å². The van der Waals surface area contributed by atoms with E-state index in [1.165, 1.54) is 18.9 Å². The Morgan fingerprint density at radius 3 is 2.65 bits per heavy atom. The van der Waals surface area contributed by atoms with Crippen LogP contribution in [0.4, 0.5) is 0 Å². The zero-order chi connectivity index (χ0) is 22.4. The van der Waals surface area contributed by atoms with Crippen molar-refractivity contribution in [3.05, 3.63) is 63.0 Å². The lowest BCUT2D eigenvalue weighted by Gasteiger charge is -2.15. The van der Waals surface area contributed by atoms with E-state index >= 15 is 0 Å². The molecule has 1 amide bonds. The van der Waals surface area contributed by atoms with Crippen molar-refractivity contribution in [2.24, 2.45) is 0 Å². The van der Waals surface area contributed by atoms with Crippen LogP contribution in [-0.2, 0) is 20.9 Å². The van der Waals surface area contributed by atoms with Gasteiger partial charge in [0.05, 0.1) is 29.6 Å². The van der Waals surface area contributed by atoms with Crippen LogP contribution in [0.1, 0.15) is 18.1 Å². The average Bonchev–Trinajstić information content (AvgIpc) is 3.01. The highest BCUT2D eigenvalue weighted by Gasteiger charge is 2.32. The van der Waals surface area contributed by atoms with Gasteiger partial charge in [0.15, 0.2) is 18.1 Å². The Morgan fingerprint density at radius 2 is 1.97 bits per heavy atom. The van der Waals surface area contributed by atoms with Crippen LogP contribution in [0.3, 0.4) is 0 Å². The number of benzene rings is 2. The Kier molecular flexibility index (Phi) is 8.11. The summed E-state index contributed by atoms with van der Waals surface area (Å²) >= 11 is 10.1. The molecule has 2 aromatic carbocycles.